The highest BCUT2D eigenvalue weighted by atomic mass is 14.9. The molecule has 0 radical (unpaired) electrons. The van der Waals surface area contributed by atoms with Gasteiger partial charge in [0, 0.05) is 12.6 Å². The summed E-state index contributed by atoms with van der Waals surface area (Å²) in [4.78, 5) is 0. The van der Waals surface area contributed by atoms with E-state index >= 15 is 0 Å². The van der Waals surface area contributed by atoms with E-state index in [0.717, 1.165) is 19.5 Å². The lowest BCUT2D eigenvalue weighted by molar-refractivity contribution is 0.588. The molecule has 1 aromatic carbocycles. The van der Waals surface area contributed by atoms with Crippen LogP contribution in [-0.4, -0.2) is 12.6 Å². The second kappa shape index (κ2) is 6.18. The zero-order chi connectivity index (χ0) is 12.1. The maximum atomic E-state index is 5.72. The van der Waals surface area contributed by atoms with Crippen molar-refractivity contribution in [3.8, 4) is 0 Å². The molecule has 2 rings (SSSR count). The number of nitrogens with one attached hydrogen (secondary N) is 1. The van der Waals surface area contributed by atoms with E-state index < -0.39 is 0 Å². The molecule has 0 fully saturated rings. The molecule has 1 aliphatic carbocycles. The smallest absolute Gasteiger partial charge is 0.0205 e. The number of rotatable bonds is 5. The van der Waals surface area contributed by atoms with Crippen molar-refractivity contribution in [2.45, 2.75) is 51.6 Å². The van der Waals surface area contributed by atoms with Crippen LogP contribution in [0.5, 0.6) is 0 Å². The first kappa shape index (κ1) is 12.6. The van der Waals surface area contributed by atoms with Crippen LogP contribution in [0.25, 0.3) is 0 Å². The predicted molar refractivity (Wildman–Crippen MR) is 73.1 cm³/mol. The van der Waals surface area contributed by atoms with Crippen LogP contribution in [0.4, 0.5) is 0 Å². The lowest BCUT2D eigenvalue weighted by Gasteiger charge is -2.16. The normalized spacial score (nSPS) is 16.6. The van der Waals surface area contributed by atoms with Crippen LogP contribution >= 0.6 is 0 Å². The minimum Gasteiger partial charge on any atom is -0.328 e. The molecule has 0 aromatic heterocycles. The number of nitrogens with two attached hydrogens (primary N) is 1. The minimum absolute atomic E-state index is 0.297. The highest BCUT2D eigenvalue weighted by Crippen LogP contribution is 2.22. The Labute approximate surface area is 105 Å². The van der Waals surface area contributed by atoms with E-state index in [1.54, 1.807) is 11.1 Å². The van der Waals surface area contributed by atoms with Gasteiger partial charge in [-0.15, -0.1) is 0 Å². The van der Waals surface area contributed by atoms with Gasteiger partial charge >= 0.3 is 0 Å². The fourth-order valence-electron chi connectivity index (χ4n) is 2.46. The third-order valence-electron chi connectivity index (χ3n) is 3.52. The first-order chi connectivity index (χ1) is 8.25. The lowest BCUT2D eigenvalue weighted by atomic mass is 9.90. The molecule has 0 amide bonds. The topological polar surface area (TPSA) is 38.0 Å². The average Bonchev–Trinajstić information content (AvgIpc) is 2.34. The van der Waals surface area contributed by atoms with Gasteiger partial charge in [0.15, 0.2) is 0 Å². The van der Waals surface area contributed by atoms with Crippen molar-refractivity contribution in [1.29, 1.82) is 0 Å². The Morgan fingerprint density at radius 1 is 1.24 bits per heavy atom. The Morgan fingerprint density at radius 3 is 2.76 bits per heavy atom. The molecular weight excluding hydrogens is 208 g/mol. The zero-order valence-corrected chi connectivity index (χ0v) is 10.8. The monoisotopic (exact) mass is 232 g/mol. The Hall–Kier alpha value is -0.860. The number of benzene rings is 1. The van der Waals surface area contributed by atoms with Gasteiger partial charge < -0.3 is 11.1 Å². The third-order valence-corrected chi connectivity index (χ3v) is 3.52. The number of hydrogen-bond donors (Lipinski definition) is 2. The van der Waals surface area contributed by atoms with E-state index in [2.05, 4.69) is 30.4 Å². The van der Waals surface area contributed by atoms with Crippen molar-refractivity contribution in [2.24, 2.45) is 5.73 Å². The van der Waals surface area contributed by atoms with Crippen LogP contribution in [0.3, 0.4) is 0 Å². The molecule has 0 heterocycles. The molecule has 94 valence electrons. The molecule has 2 nitrogen and oxygen atoms in total. The Bertz CT molecular complexity index is 358. The average molecular weight is 232 g/mol. The second-order valence-electron chi connectivity index (χ2n) is 5.25. The molecule has 1 aromatic rings. The molecule has 17 heavy (non-hydrogen) atoms. The van der Waals surface area contributed by atoms with E-state index in [9.17, 15) is 0 Å². The van der Waals surface area contributed by atoms with E-state index in [1.807, 2.05) is 0 Å². The van der Waals surface area contributed by atoms with Crippen LogP contribution in [0, 0.1) is 0 Å². The van der Waals surface area contributed by atoms with Crippen molar-refractivity contribution >= 4 is 0 Å². The summed E-state index contributed by atoms with van der Waals surface area (Å²) in [7, 11) is 0. The maximum absolute atomic E-state index is 5.72. The zero-order valence-electron chi connectivity index (χ0n) is 10.8. The maximum Gasteiger partial charge on any atom is 0.0205 e. The fourth-order valence-corrected chi connectivity index (χ4v) is 2.46. The van der Waals surface area contributed by atoms with Crippen LogP contribution in [-0.2, 0) is 19.4 Å². The molecule has 1 atom stereocenters. The summed E-state index contributed by atoms with van der Waals surface area (Å²) in [5.74, 6) is 0. The third kappa shape index (κ3) is 3.83. The predicted octanol–water partition coefficient (Wildman–Crippen LogP) is 2.39. The van der Waals surface area contributed by atoms with Crippen molar-refractivity contribution in [2.75, 3.05) is 6.54 Å². The first-order valence-electron chi connectivity index (χ1n) is 6.82. The molecule has 0 saturated carbocycles. The molecule has 0 aliphatic heterocycles. The molecule has 3 N–H and O–H groups in total. The van der Waals surface area contributed by atoms with Gasteiger partial charge in [-0.2, -0.15) is 0 Å². The summed E-state index contributed by atoms with van der Waals surface area (Å²) in [6, 6.07) is 7.26. The molecular formula is C15H24N2. The summed E-state index contributed by atoms with van der Waals surface area (Å²) in [6.07, 6.45) is 6.30. The molecule has 0 bridgehead atoms. The van der Waals surface area contributed by atoms with E-state index in [0.29, 0.717) is 6.04 Å². The Morgan fingerprint density at radius 2 is 2.00 bits per heavy atom. The van der Waals surface area contributed by atoms with Crippen molar-refractivity contribution in [1.82, 2.24) is 5.32 Å². The summed E-state index contributed by atoms with van der Waals surface area (Å²) in [5.41, 5.74) is 10.3. The standard InChI is InChI=1S/C15H24N2/c1-12(16)8-9-17-11-13-6-7-14-4-2-3-5-15(14)10-13/h6-7,10,12,17H,2-5,8-9,11,16H2,1H3. The summed E-state index contributed by atoms with van der Waals surface area (Å²) >= 11 is 0. The van der Waals surface area contributed by atoms with Gasteiger partial charge in [-0.3, -0.25) is 0 Å². The van der Waals surface area contributed by atoms with Gasteiger partial charge in [-0.05, 0) is 62.3 Å². The van der Waals surface area contributed by atoms with Gasteiger partial charge in [-0.25, -0.2) is 0 Å². The lowest BCUT2D eigenvalue weighted by Crippen LogP contribution is -2.23. The van der Waals surface area contributed by atoms with E-state index in [-0.39, 0.29) is 0 Å². The minimum atomic E-state index is 0.297. The van der Waals surface area contributed by atoms with Crippen LogP contribution < -0.4 is 11.1 Å². The Kier molecular flexibility index (Phi) is 4.57. The second-order valence-corrected chi connectivity index (χ2v) is 5.25. The summed E-state index contributed by atoms with van der Waals surface area (Å²) < 4.78 is 0. The quantitative estimate of drug-likeness (QED) is 0.765. The first-order valence-corrected chi connectivity index (χ1v) is 6.82. The van der Waals surface area contributed by atoms with Crippen molar-refractivity contribution in [3.63, 3.8) is 0 Å². The van der Waals surface area contributed by atoms with Crippen molar-refractivity contribution < 1.29 is 0 Å². The fraction of sp³-hybridized carbons (Fsp3) is 0.600. The molecule has 0 saturated heterocycles. The molecule has 0 spiro atoms. The van der Waals surface area contributed by atoms with Gasteiger partial charge in [-0.1, -0.05) is 18.2 Å². The van der Waals surface area contributed by atoms with Gasteiger partial charge in [0.1, 0.15) is 0 Å². The van der Waals surface area contributed by atoms with Gasteiger partial charge in [0.25, 0.3) is 0 Å². The number of hydrogen-bond acceptors (Lipinski definition) is 2. The SMILES string of the molecule is CC(N)CCNCc1ccc2c(c1)CCCC2. The van der Waals surface area contributed by atoms with Crippen LogP contribution in [0.15, 0.2) is 18.2 Å². The summed E-state index contributed by atoms with van der Waals surface area (Å²) in [6.45, 7) is 4.04. The molecule has 1 aliphatic rings. The summed E-state index contributed by atoms with van der Waals surface area (Å²) in [5, 5.41) is 3.46. The largest absolute Gasteiger partial charge is 0.328 e. The number of fused-ring (bicyclic) bond motifs is 1. The van der Waals surface area contributed by atoms with Crippen molar-refractivity contribution in [3.05, 3.63) is 34.9 Å². The van der Waals surface area contributed by atoms with Gasteiger partial charge in [0.2, 0.25) is 0 Å². The van der Waals surface area contributed by atoms with Crippen LogP contribution in [0.1, 0.15) is 42.9 Å². The van der Waals surface area contributed by atoms with Gasteiger partial charge in [0.05, 0.1) is 0 Å². The highest BCUT2D eigenvalue weighted by molar-refractivity contribution is 5.33. The van der Waals surface area contributed by atoms with E-state index in [4.69, 9.17) is 5.73 Å². The van der Waals surface area contributed by atoms with Crippen LogP contribution in [0.2, 0.25) is 0 Å². The number of aryl methyl sites for hydroxylation is 2. The Balaban J connectivity index is 1.85. The van der Waals surface area contributed by atoms with E-state index in [1.165, 1.54) is 31.2 Å². The molecule has 2 heteroatoms. The molecule has 1 unspecified atom stereocenters. The highest BCUT2D eigenvalue weighted by Gasteiger charge is 2.09.